The second kappa shape index (κ2) is 5.48. The van der Waals surface area contributed by atoms with Crippen molar-refractivity contribution in [2.75, 3.05) is 5.32 Å². The Morgan fingerprint density at radius 1 is 1.30 bits per heavy atom. The highest BCUT2D eigenvalue weighted by atomic mass is 79.9. The van der Waals surface area contributed by atoms with E-state index in [1.54, 1.807) is 12.3 Å². The molecule has 1 aliphatic rings. The number of amides is 1. The van der Waals surface area contributed by atoms with Crippen molar-refractivity contribution in [2.24, 2.45) is 0 Å². The SMILES string of the molecule is O=C1Nc2cc(Sc3ccc(Br)cn3)c(Br)cc2C1O. The molecule has 2 N–H and O–H groups in total. The number of carbonyl (C=O) groups is 1. The molecule has 2 heterocycles. The number of benzene rings is 1. The lowest BCUT2D eigenvalue weighted by Crippen LogP contribution is -2.10. The molecular weight excluding hydrogens is 408 g/mol. The van der Waals surface area contributed by atoms with E-state index >= 15 is 0 Å². The molecule has 1 unspecified atom stereocenters. The van der Waals surface area contributed by atoms with Crippen LogP contribution >= 0.6 is 43.6 Å². The average molecular weight is 416 g/mol. The highest BCUT2D eigenvalue weighted by molar-refractivity contribution is 9.10. The van der Waals surface area contributed by atoms with Gasteiger partial charge < -0.3 is 10.4 Å². The summed E-state index contributed by atoms with van der Waals surface area (Å²) in [4.78, 5) is 16.7. The van der Waals surface area contributed by atoms with E-state index in [4.69, 9.17) is 0 Å². The van der Waals surface area contributed by atoms with Crippen molar-refractivity contribution in [1.29, 1.82) is 0 Å². The van der Waals surface area contributed by atoms with Gasteiger partial charge in [-0.05, 0) is 56.1 Å². The predicted molar refractivity (Wildman–Crippen MR) is 83.8 cm³/mol. The van der Waals surface area contributed by atoms with Crippen LogP contribution < -0.4 is 5.32 Å². The summed E-state index contributed by atoms with van der Waals surface area (Å²) in [5.41, 5.74) is 1.24. The summed E-state index contributed by atoms with van der Waals surface area (Å²) >= 11 is 8.28. The van der Waals surface area contributed by atoms with E-state index < -0.39 is 12.0 Å². The Hall–Kier alpha value is -0.890. The first-order valence-corrected chi connectivity index (χ1v) is 8.06. The summed E-state index contributed by atoms with van der Waals surface area (Å²) in [5, 5.41) is 13.2. The van der Waals surface area contributed by atoms with E-state index in [0.29, 0.717) is 11.3 Å². The van der Waals surface area contributed by atoms with Gasteiger partial charge in [-0.15, -0.1) is 0 Å². The molecule has 1 amide bonds. The van der Waals surface area contributed by atoms with Gasteiger partial charge >= 0.3 is 0 Å². The predicted octanol–water partition coefficient (Wildman–Crippen LogP) is 3.74. The average Bonchev–Trinajstić information content (AvgIpc) is 2.69. The third-order valence-corrected chi connectivity index (χ3v) is 5.22. The molecule has 0 spiro atoms. The Labute approximate surface area is 136 Å². The fourth-order valence-corrected chi connectivity index (χ4v) is 3.50. The maximum Gasteiger partial charge on any atom is 0.257 e. The second-order valence-electron chi connectivity index (χ2n) is 4.18. The van der Waals surface area contributed by atoms with Crippen LogP contribution in [-0.2, 0) is 4.79 Å². The minimum Gasteiger partial charge on any atom is -0.378 e. The molecule has 0 fully saturated rings. The van der Waals surface area contributed by atoms with Crippen LogP contribution in [-0.4, -0.2) is 16.0 Å². The molecular formula is C13H8Br2N2O2S. The third-order valence-electron chi connectivity index (χ3n) is 2.82. The lowest BCUT2D eigenvalue weighted by molar-refractivity contribution is -0.123. The Balaban J connectivity index is 1.94. The van der Waals surface area contributed by atoms with Gasteiger partial charge in [-0.25, -0.2) is 4.98 Å². The molecule has 7 heteroatoms. The van der Waals surface area contributed by atoms with E-state index in [2.05, 4.69) is 42.2 Å². The summed E-state index contributed by atoms with van der Waals surface area (Å²) in [6, 6.07) is 7.42. The quantitative estimate of drug-likeness (QED) is 0.784. The van der Waals surface area contributed by atoms with Gasteiger partial charge in [-0.2, -0.15) is 0 Å². The molecule has 2 aromatic rings. The Morgan fingerprint density at radius 3 is 2.80 bits per heavy atom. The second-order valence-corrected chi connectivity index (χ2v) is 7.01. The molecule has 1 aliphatic heterocycles. The number of fused-ring (bicyclic) bond motifs is 1. The molecule has 4 nitrogen and oxygen atoms in total. The number of nitrogens with one attached hydrogen (secondary N) is 1. The van der Waals surface area contributed by atoms with Gasteiger partial charge in [0.2, 0.25) is 0 Å². The number of halogens is 2. The van der Waals surface area contributed by atoms with Crippen molar-refractivity contribution in [1.82, 2.24) is 4.98 Å². The van der Waals surface area contributed by atoms with Crippen molar-refractivity contribution in [3.8, 4) is 0 Å². The maximum atomic E-state index is 11.4. The zero-order valence-electron chi connectivity index (χ0n) is 9.93. The van der Waals surface area contributed by atoms with E-state index in [1.807, 2.05) is 18.2 Å². The fraction of sp³-hybridized carbons (Fsp3) is 0.0769. The normalized spacial score (nSPS) is 16.9. The summed E-state index contributed by atoms with van der Waals surface area (Å²) < 4.78 is 1.74. The molecule has 0 bridgehead atoms. The van der Waals surface area contributed by atoms with Crippen molar-refractivity contribution in [2.45, 2.75) is 16.0 Å². The molecule has 1 aromatic heterocycles. The monoisotopic (exact) mass is 414 g/mol. The smallest absolute Gasteiger partial charge is 0.257 e. The molecule has 3 rings (SSSR count). The lowest BCUT2D eigenvalue weighted by atomic mass is 10.1. The zero-order valence-corrected chi connectivity index (χ0v) is 13.9. The number of nitrogens with zero attached hydrogens (tertiary/aromatic N) is 1. The molecule has 102 valence electrons. The summed E-state index contributed by atoms with van der Waals surface area (Å²) in [7, 11) is 0. The van der Waals surface area contributed by atoms with Crippen LogP contribution in [0.1, 0.15) is 11.7 Å². The number of aliphatic hydroxyl groups is 1. The number of carbonyl (C=O) groups excluding carboxylic acids is 1. The van der Waals surface area contributed by atoms with Gasteiger partial charge in [0.1, 0.15) is 5.03 Å². The van der Waals surface area contributed by atoms with Crippen LogP contribution in [0.5, 0.6) is 0 Å². The van der Waals surface area contributed by atoms with Crippen LogP contribution in [0.4, 0.5) is 5.69 Å². The van der Waals surface area contributed by atoms with Gasteiger partial charge in [0.05, 0.1) is 0 Å². The highest BCUT2D eigenvalue weighted by Crippen LogP contribution is 2.40. The third kappa shape index (κ3) is 2.63. The van der Waals surface area contributed by atoms with Gasteiger partial charge in [0, 0.05) is 31.3 Å². The van der Waals surface area contributed by atoms with Crippen molar-refractivity contribution < 1.29 is 9.90 Å². The van der Waals surface area contributed by atoms with E-state index in [9.17, 15) is 9.90 Å². The minimum atomic E-state index is -1.09. The first kappa shape index (κ1) is 14.1. The Morgan fingerprint density at radius 2 is 2.10 bits per heavy atom. The number of rotatable bonds is 2. The first-order valence-electron chi connectivity index (χ1n) is 5.66. The van der Waals surface area contributed by atoms with Crippen molar-refractivity contribution >= 4 is 55.2 Å². The van der Waals surface area contributed by atoms with Crippen molar-refractivity contribution in [3.63, 3.8) is 0 Å². The number of aliphatic hydroxyl groups excluding tert-OH is 1. The number of hydrogen-bond acceptors (Lipinski definition) is 4. The van der Waals surface area contributed by atoms with Crippen LogP contribution in [0.3, 0.4) is 0 Å². The first-order chi connectivity index (χ1) is 9.54. The maximum absolute atomic E-state index is 11.4. The summed E-state index contributed by atoms with van der Waals surface area (Å²) in [6.07, 6.45) is 0.640. The molecule has 1 atom stereocenters. The number of aromatic nitrogens is 1. The van der Waals surface area contributed by atoms with Gasteiger partial charge in [-0.1, -0.05) is 11.8 Å². The molecule has 20 heavy (non-hydrogen) atoms. The number of anilines is 1. The molecule has 0 saturated carbocycles. The standard InChI is InChI=1S/C13H8Br2N2O2S/c14-6-1-2-11(16-5-6)20-10-4-9-7(3-8(10)15)12(18)13(19)17-9/h1-5,12,18H,(H,17,19). The topological polar surface area (TPSA) is 62.2 Å². The van der Waals surface area contributed by atoms with E-state index in [-0.39, 0.29) is 0 Å². The van der Waals surface area contributed by atoms with Crippen LogP contribution in [0.15, 0.2) is 49.3 Å². The van der Waals surface area contributed by atoms with Crippen LogP contribution in [0.25, 0.3) is 0 Å². The molecule has 0 saturated heterocycles. The fourth-order valence-electron chi connectivity index (χ4n) is 1.86. The number of hydrogen-bond donors (Lipinski definition) is 2. The number of pyridine rings is 1. The van der Waals surface area contributed by atoms with Crippen molar-refractivity contribution in [3.05, 3.63) is 45.0 Å². The Kier molecular flexibility index (Phi) is 3.85. The largest absolute Gasteiger partial charge is 0.378 e. The molecule has 1 aromatic carbocycles. The molecule has 0 radical (unpaired) electrons. The Bertz CT molecular complexity index is 692. The zero-order chi connectivity index (χ0) is 14.3. The van der Waals surface area contributed by atoms with Crippen LogP contribution in [0.2, 0.25) is 0 Å². The van der Waals surface area contributed by atoms with Gasteiger partial charge in [-0.3, -0.25) is 4.79 Å². The lowest BCUT2D eigenvalue weighted by Gasteiger charge is -2.07. The summed E-state index contributed by atoms with van der Waals surface area (Å²) in [6.45, 7) is 0. The summed E-state index contributed by atoms with van der Waals surface area (Å²) in [5.74, 6) is -0.393. The van der Waals surface area contributed by atoms with E-state index in [0.717, 1.165) is 18.9 Å². The highest BCUT2D eigenvalue weighted by Gasteiger charge is 2.29. The van der Waals surface area contributed by atoms with Gasteiger partial charge in [0.25, 0.3) is 5.91 Å². The van der Waals surface area contributed by atoms with Gasteiger partial charge in [0.15, 0.2) is 6.10 Å². The minimum absolute atomic E-state index is 0.393. The molecule has 0 aliphatic carbocycles. The van der Waals surface area contributed by atoms with Crippen LogP contribution in [0, 0.1) is 0 Å². The van der Waals surface area contributed by atoms with E-state index in [1.165, 1.54) is 11.8 Å².